The lowest BCUT2D eigenvalue weighted by atomic mass is 10.0. The van der Waals surface area contributed by atoms with Crippen molar-refractivity contribution >= 4 is 33.7 Å². The number of H-pyrrole nitrogens is 1. The fourth-order valence-corrected chi connectivity index (χ4v) is 3.83. The smallest absolute Gasteiger partial charge is 0.248 e. The lowest BCUT2D eigenvalue weighted by molar-refractivity contribution is -0.111. The van der Waals surface area contributed by atoms with Crippen molar-refractivity contribution in [3.05, 3.63) is 79.5 Å². The van der Waals surface area contributed by atoms with Crippen molar-refractivity contribution in [2.75, 3.05) is 26.0 Å². The number of anilines is 1. The van der Waals surface area contributed by atoms with Crippen LogP contribution in [-0.2, 0) is 4.79 Å². The SMILES string of the molecule is CN(C)CC=CC(=O)Nc1cccc(-c2cnc3[nH]cc(-c4ccnc5occc45)c3c2)c1. The highest BCUT2D eigenvalue weighted by Gasteiger charge is 2.13. The first kappa shape index (κ1) is 20.7. The predicted molar refractivity (Wildman–Crippen MR) is 131 cm³/mol. The summed E-state index contributed by atoms with van der Waals surface area (Å²) in [6, 6.07) is 13.8. The minimum atomic E-state index is -0.155. The fraction of sp³-hybridized carbons (Fsp3) is 0.115. The van der Waals surface area contributed by atoms with E-state index in [4.69, 9.17) is 4.42 Å². The van der Waals surface area contributed by atoms with Crippen LogP contribution in [0.4, 0.5) is 5.69 Å². The van der Waals surface area contributed by atoms with Gasteiger partial charge in [0.1, 0.15) is 5.65 Å². The molecule has 2 N–H and O–H groups in total. The van der Waals surface area contributed by atoms with Gasteiger partial charge in [0.05, 0.1) is 6.26 Å². The molecule has 1 aromatic carbocycles. The van der Waals surface area contributed by atoms with Crippen LogP contribution in [0.3, 0.4) is 0 Å². The van der Waals surface area contributed by atoms with Crippen LogP contribution in [0.25, 0.3) is 44.4 Å². The molecule has 4 aromatic heterocycles. The molecule has 0 saturated carbocycles. The molecular weight excluding hydrogens is 414 g/mol. The maximum Gasteiger partial charge on any atom is 0.248 e. The van der Waals surface area contributed by atoms with Gasteiger partial charge in [0.2, 0.25) is 11.6 Å². The maximum atomic E-state index is 12.2. The Labute approximate surface area is 190 Å². The third-order valence-electron chi connectivity index (χ3n) is 5.39. The van der Waals surface area contributed by atoms with Gasteiger partial charge in [-0.05, 0) is 55.6 Å². The summed E-state index contributed by atoms with van der Waals surface area (Å²) in [7, 11) is 3.91. The summed E-state index contributed by atoms with van der Waals surface area (Å²) in [6.45, 7) is 0.709. The molecule has 0 spiro atoms. The lowest BCUT2D eigenvalue weighted by Crippen LogP contribution is -2.12. The van der Waals surface area contributed by atoms with E-state index < -0.39 is 0 Å². The van der Waals surface area contributed by atoms with Crippen LogP contribution in [0.2, 0.25) is 0 Å². The Bertz CT molecular complexity index is 1480. The van der Waals surface area contributed by atoms with E-state index in [0.717, 1.165) is 44.4 Å². The predicted octanol–water partition coefficient (Wildman–Crippen LogP) is 5.09. The van der Waals surface area contributed by atoms with Crippen LogP contribution in [0.5, 0.6) is 0 Å². The second kappa shape index (κ2) is 8.72. The van der Waals surface area contributed by atoms with Gasteiger partial charge >= 0.3 is 0 Å². The summed E-state index contributed by atoms with van der Waals surface area (Å²) >= 11 is 0. The van der Waals surface area contributed by atoms with Crippen LogP contribution in [-0.4, -0.2) is 46.4 Å². The molecule has 5 rings (SSSR count). The van der Waals surface area contributed by atoms with Gasteiger partial charge in [0.25, 0.3) is 0 Å². The summed E-state index contributed by atoms with van der Waals surface area (Å²) in [5, 5.41) is 4.88. The van der Waals surface area contributed by atoms with E-state index in [1.165, 1.54) is 0 Å². The number of carbonyl (C=O) groups excluding carboxylic acids is 1. The van der Waals surface area contributed by atoms with Gasteiger partial charge in [0, 0.05) is 58.8 Å². The second-order valence-corrected chi connectivity index (χ2v) is 8.06. The Morgan fingerprint density at radius 1 is 1.09 bits per heavy atom. The molecule has 0 aliphatic rings. The van der Waals surface area contributed by atoms with Crippen LogP contribution >= 0.6 is 0 Å². The number of hydrogen-bond acceptors (Lipinski definition) is 5. The maximum absolute atomic E-state index is 12.2. The van der Waals surface area contributed by atoms with E-state index in [2.05, 4.69) is 26.3 Å². The zero-order valence-corrected chi connectivity index (χ0v) is 18.4. The molecule has 164 valence electrons. The molecule has 0 saturated heterocycles. The highest BCUT2D eigenvalue weighted by molar-refractivity contribution is 6.03. The normalized spacial score (nSPS) is 11.7. The minimum Gasteiger partial charge on any atom is -0.446 e. The topological polar surface area (TPSA) is 87.0 Å². The van der Waals surface area contributed by atoms with Crippen LogP contribution in [0, 0.1) is 0 Å². The molecule has 0 fully saturated rings. The lowest BCUT2D eigenvalue weighted by Gasteiger charge is -2.08. The Morgan fingerprint density at radius 2 is 2.00 bits per heavy atom. The molecule has 4 heterocycles. The summed E-state index contributed by atoms with van der Waals surface area (Å²) in [5.41, 5.74) is 6.13. The van der Waals surface area contributed by atoms with E-state index in [9.17, 15) is 4.79 Å². The number of aromatic amines is 1. The van der Waals surface area contributed by atoms with E-state index in [-0.39, 0.29) is 5.91 Å². The molecule has 0 bridgehead atoms. The monoisotopic (exact) mass is 437 g/mol. The number of nitrogens with zero attached hydrogens (tertiary/aromatic N) is 3. The second-order valence-electron chi connectivity index (χ2n) is 8.06. The summed E-state index contributed by atoms with van der Waals surface area (Å²) in [5.74, 6) is -0.155. The van der Waals surface area contributed by atoms with Gasteiger partial charge in [0.15, 0.2) is 0 Å². The van der Waals surface area contributed by atoms with Crippen molar-refractivity contribution in [1.82, 2.24) is 19.9 Å². The number of rotatable bonds is 6. The quantitative estimate of drug-likeness (QED) is 0.361. The number of amides is 1. The molecule has 33 heavy (non-hydrogen) atoms. The average molecular weight is 438 g/mol. The number of fused-ring (bicyclic) bond motifs is 2. The molecule has 5 aromatic rings. The van der Waals surface area contributed by atoms with Crippen molar-refractivity contribution in [2.45, 2.75) is 0 Å². The Hall–Kier alpha value is -4.23. The number of nitrogens with one attached hydrogen (secondary N) is 2. The highest BCUT2D eigenvalue weighted by atomic mass is 16.3. The van der Waals surface area contributed by atoms with Gasteiger partial charge in [-0.2, -0.15) is 0 Å². The number of benzene rings is 1. The molecule has 0 unspecified atom stereocenters. The van der Waals surface area contributed by atoms with E-state index in [1.807, 2.05) is 73.9 Å². The van der Waals surface area contributed by atoms with Gasteiger partial charge in [-0.1, -0.05) is 18.2 Å². The number of furan rings is 1. The highest BCUT2D eigenvalue weighted by Crippen LogP contribution is 2.35. The molecule has 7 heteroatoms. The first-order valence-electron chi connectivity index (χ1n) is 10.6. The summed E-state index contributed by atoms with van der Waals surface area (Å²) < 4.78 is 5.46. The van der Waals surface area contributed by atoms with Crippen LogP contribution < -0.4 is 5.32 Å². The number of carbonyl (C=O) groups is 1. The molecule has 1 amide bonds. The summed E-state index contributed by atoms with van der Waals surface area (Å²) in [6.07, 6.45) is 10.6. The van der Waals surface area contributed by atoms with Crippen molar-refractivity contribution < 1.29 is 9.21 Å². The fourth-order valence-electron chi connectivity index (χ4n) is 3.83. The Morgan fingerprint density at radius 3 is 2.88 bits per heavy atom. The summed E-state index contributed by atoms with van der Waals surface area (Å²) in [4.78, 5) is 26.4. The van der Waals surface area contributed by atoms with Gasteiger partial charge < -0.3 is 19.6 Å². The van der Waals surface area contributed by atoms with Crippen molar-refractivity contribution in [3.63, 3.8) is 0 Å². The van der Waals surface area contributed by atoms with Crippen LogP contribution in [0.15, 0.2) is 83.9 Å². The van der Waals surface area contributed by atoms with Crippen molar-refractivity contribution in [1.29, 1.82) is 0 Å². The number of aromatic nitrogens is 3. The molecule has 0 aliphatic carbocycles. The van der Waals surface area contributed by atoms with E-state index >= 15 is 0 Å². The van der Waals surface area contributed by atoms with Gasteiger partial charge in [-0.15, -0.1) is 0 Å². The van der Waals surface area contributed by atoms with E-state index in [1.54, 1.807) is 18.5 Å². The number of hydrogen-bond donors (Lipinski definition) is 2. The molecule has 0 radical (unpaired) electrons. The molecule has 7 nitrogen and oxygen atoms in total. The van der Waals surface area contributed by atoms with E-state index in [0.29, 0.717) is 12.3 Å². The average Bonchev–Trinajstić information content (AvgIpc) is 3.45. The molecular formula is C26H23N5O2. The van der Waals surface area contributed by atoms with Gasteiger partial charge in [-0.3, -0.25) is 4.79 Å². The Kier molecular flexibility index (Phi) is 5.46. The first-order valence-corrected chi connectivity index (χ1v) is 10.6. The third kappa shape index (κ3) is 4.26. The Balaban J connectivity index is 1.47. The number of pyridine rings is 2. The van der Waals surface area contributed by atoms with Crippen molar-refractivity contribution in [2.24, 2.45) is 0 Å². The van der Waals surface area contributed by atoms with Crippen LogP contribution in [0.1, 0.15) is 0 Å². The molecule has 0 atom stereocenters. The van der Waals surface area contributed by atoms with Crippen molar-refractivity contribution in [3.8, 4) is 22.3 Å². The standard InChI is InChI=1S/C26H23N5O2/c1-31(2)11-4-7-24(32)30-19-6-3-5-17(13-19)18-14-22-23(16-29-25(22)28-15-18)20-8-10-27-26-21(20)9-12-33-26/h3-10,12-16H,11H2,1-2H3,(H,28,29)(H,30,32). The first-order chi connectivity index (χ1) is 16.1. The zero-order valence-electron chi connectivity index (χ0n) is 18.4. The zero-order chi connectivity index (χ0) is 22.8. The van der Waals surface area contributed by atoms with Gasteiger partial charge in [-0.25, -0.2) is 9.97 Å². The third-order valence-corrected chi connectivity index (χ3v) is 5.39. The largest absolute Gasteiger partial charge is 0.446 e. The molecule has 0 aliphatic heterocycles. The number of likely N-dealkylation sites (N-methyl/N-ethyl adjacent to an activating group) is 1. The minimum absolute atomic E-state index is 0.155.